The molecular weight excluding hydrogens is 372 g/mol. The van der Waals surface area contributed by atoms with Gasteiger partial charge < -0.3 is 10.1 Å². The van der Waals surface area contributed by atoms with E-state index in [1.165, 1.54) is 6.92 Å². The lowest BCUT2D eigenvalue weighted by Gasteiger charge is -2.37. The van der Waals surface area contributed by atoms with Crippen molar-refractivity contribution >= 4 is 17.6 Å². The Kier molecular flexibility index (Phi) is 8.31. The van der Waals surface area contributed by atoms with Crippen LogP contribution in [-0.4, -0.2) is 54.4 Å². The van der Waals surface area contributed by atoms with E-state index >= 15 is 0 Å². The number of amides is 2. The molecule has 1 fully saturated rings. The number of benzene rings is 1. The average Bonchev–Trinajstić information content (AvgIpc) is 2.70. The zero-order valence-corrected chi connectivity index (χ0v) is 17.1. The van der Waals surface area contributed by atoms with E-state index < -0.39 is 23.8 Å². The molecule has 1 saturated heterocycles. The monoisotopic (exact) mass is 400 g/mol. The van der Waals surface area contributed by atoms with E-state index in [4.69, 9.17) is 10.00 Å². The van der Waals surface area contributed by atoms with Crippen LogP contribution in [0.3, 0.4) is 0 Å². The van der Waals surface area contributed by atoms with Gasteiger partial charge in [-0.1, -0.05) is 32.0 Å². The van der Waals surface area contributed by atoms with Crippen molar-refractivity contribution in [2.45, 2.75) is 39.3 Å². The van der Waals surface area contributed by atoms with Crippen LogP contribution in [0.2, 0.25) is 0 Å². The number of ether oxygens (including phenoxy) is 1. The zero-order chi connectivity index (χ0) is 21.4. The van der Waals surface area contributed by atoms with Crippen LogP contribution in [-0.2, 0) is 14.3 Å². The number of carbonyl (C=O) groups excluding carboxylic acids is 3. The van der Waals surface area contributed by atoms with E-state index in [0.717, 1.165) is 0 Å². The van der Waals surface area contributed by atoms with Gasteiger partial charge in [-0.05, 0) is 31.4 Å². The van der Waals surface area contributed by atoms with Crippen LogP contribution in [0.15, 0.2) is 30.3 Å². The largest absolute Gasteiger partial charge is 0.375 e. The second-order valence-electron chi connectivity index (χ2n) is 7.58. The number of nitrogens with zero attached hydrogens (tertiary/aromatic N) is 2. The van der Waals surface area contributed by atoms with Gasteiger partial charge in [-0.25, -0.2) is 5.01 Å². The Bertz CT molecular complexity index is 760. The van der Waals surface area contributed by atoms with Crippen LogP contribution < -0.4 is 10.7 Å². The second-order valence-corrected chi connectivity index (χ2v) is 7.58. The third kappa shape index (κ3) is 6.66. The number of morpholine rings is 1. The maximum Gasteiger partial charge on any atom is 0.265 e. The van der Waals surface area contributed by atoms with Crippen molar-refractivity contribution in [2.24, 2.45) is 11.8 Å². The molecular formula is C21H28N4O4. The Morgan fingerprint density at radius 3 is 2.55 bits per heavy atom. The molecule has 0 aromatic heterocycles. The smallest absolute Gasteiger partial charge is 0.265 e. The molecule has 156 valence electrons. The lowest BCUT2D eigenvalue weighted by molar-refractivity contribution is -0.138. The summed E-state index contributed by atoms with van der Waals surface area (Å²) in [6.07, 6.45) is 0.0704. The Morgan fingerprint density at radius 1 is 1.28 bits per heavy atom. The number of nitrogens with one attached hydrogen (secondary N) is 2. The van der Waals surface area contributed by atoms with Gasteiger partial charge in [-0.3, -0.25) is 19.8 Å². The number of hydrogen-bond acceptors (Lipinski definition) is 6. The fourth-order valence-electron chi connectivity index (χ4n) is 3.23. The average molecular weight is 400 g/mol. The zero-order valence-electron chi connectivity index (χ0n) is 17.1. The van der Waals surface area contributed by atoms with Gasteiger partial charge in [0, 0.05) is 18.7 Å². The van der Waals surface area contributed by atoms with Gasteiger partial charge in [0.05, 0.1) is 24.7 Å². The van der Waals surface area contributed by atoms with Crippen molar-refractivity contribution in [1.29, 1.82) is 5.26 Å². The first-order chi connectivity index (χ1) is 13.8. The SMILES string of the molecule is CC(=O)[C@H](C#N)NC(=O)C(CC(C)C)C1CN(NC(=O)c2ccccc2)CCO1. The molecule has 2 N–H and O–H groups in total. The van der Waals surface area contributed by atoms with E-state index in [2.05, 4.69) is 10.7 Å². The van der Waals surface area contributed by atoms with Crippen LogP contribution in [0.5, 0.6) is 0 Å². The molecule has 1 heterocycles. The Morgan fingerprint density at radius 2 is 1.97 bits per heavy atom. The number of carbonyl (C=O) groups is 3. The van der Waals surface area contributed by atoms with Gasteiger partial charge in [-0.15, -0.1) is 0 Å². The fourth-order valence-corrected chi connectivity index (χ4v) is 3.23. The summed E-state index contributed by atoms with van der Waals surface area (Å²) in [4.78, 5) is 36.7. The molecule has 2 rings (SSSR count). The molecule has 0 radical (unpaired) electrons. The number of hydrogen-bond donors (Lipinski definition) is 2. The molecule has 2 amide bonds. The molecule has 0 bridgehead atoms. The van der Waals surface area contributed by atoms with E-state index in [1.54, 1.807) is 35.3 Å². The highest BCUT2D eigenvalue weighted by Gasteiger charge is 2.35. The Balaban J connectivity index is 2.06. The molecule has 1 aromatic carbocycles. The van der Waals surface area contributed by atoms with Crippen LogP contribution in [0.1, 0.15) is 37.6 Å². The van der Waals surface area contributed by atoms with Crippen molar-refractivity contribution < 1.29 is 19.1 Å². The van der Waals surface area contributed by atoms with E-state index in [-0.39, 0.29) is 17.7 Å². The summed E-state index contributed by atoms with van der Waals surface area (Å²) < 4.78 is 5.83. The van der Waals surface area contributed by atoms with Gasteiger partial charge >= 0.3 is 0 Å². The maximum absolute atomic E-state index is 12.8. The molecule has 2 unspecified atom stereocenters. The predicted octanol–water partition coefficient (Wildman–Crippen LogP) is 1.29. The van der Waals surface area contributed by atoms with Gasteiger partial charge in [0.2, 0.25) is 5.91 Å². The third-order valence-corrected chi connectivity index (χ3v) is 4.72. The molecule has 0 aliphatic carbocycles. The van der Waals surface area contributed by atoms with E-state index in [0.29, 0.717) is 31.7 Å². The Labute approximate surface area is 171 Å². The highest BCUT2D eigenvalue weighted by molar-refractivity contribution is 5.93. The number of rotatable bonds is 8. The molecule has 1 aliphatic rings. The minimum Gasteiger partial charge on any atom is -0.375 e. The van der Waals surface area contributed by atoms with Gasteiger partial charge in [0.25, 0.3) is 5.91 Å². The van der Waals surface area contributed by atoms with Crippen LogP contribution in [0, 0.1) is 23.2 Å². The number of nitriles is 1. The Hall–Kier alpha value is -2.76. The summed E-state index contributed by atoms with van der Waals surface area (Å²) in [7, 11) is 0. The molecule has 29 heavy (non-hydrogen) atoms. The molecule has 3 atom stereocenters. The molecule has 8 nitrogen and oxygen atoms in total. The molecule has 8 heteroatoms. The highest BCUT2D eigenvalue weighted by Crippen LogP contribution is 2.22. The summed E-state index contributed by atoms with van der Waals surface area (Å²) in [5, 5.41) is 13.4. The standard InChI is InChI=1S/C21H28N4O4/c1-14(2)11-17(21(28)23-18(12-22)15(3)26)19-13-25(9-10-29-19)24-20(27)16-7-5-4-6-8-16/h4-8,14,17-19H,9-11,13H2,1-3H3,(H,23,28)(H,24,27)/t17?,18-,19?/m0/s1. The van der Waals surface area contributed by atoms with Crippen LogP contribution >= 0.6 is 0 Å². The first-order valence-electron chi connectivity index (χ1n) is 9.74. The summed E-state index contributed by atoms with van der Waals surface area (Å²) in [5.41, 5.74) is 3.41. The van der Waals surface area contributed by atoms with Gasteiger partial charge in [0.1, 0.15) is 0 Å². The summed E-state index contributed by atoms with van der Waals surface area (Å²) >= 11 is 0. The molecule has 0 spiro atoms. The van der Waals surface area contributed by atoms with Crippen molar-refractivity contribution in [3.8, 4) is 6.07 Å². The molecule has 1 aliphatic heterocycles. The fraction of sp³-hybridized carbons (Fsp3) is 0.524. The summed E-state index contributed by atoms with van der Waals surface area (Å²) in [5.74, 6) is -1.35. The first-order valence-corrected chi connectivity index (χ1v) is 9.74. The van der Waals surface area contributed by atoms with Crippen molar-refractivity contribution in [3.05, 3.63) is 35.9 Å². The van der Waals surface area contributed by atoms with Crippen LogP contribution in [0.25, 0.3) is 0 Å². The lowest BCUT2D eigenvalue weighted by Crippen LogP contribution is -2.56. The highest BCUT2D eigenvalue weighted by atomic mass is 16.5. The topological polar surface area (TPSA) is 112 Å². The van der Waals surface area contributed by atoms with Gasteiger partial charge in [0.15, 0.2) is 11.8 Å². The van der Waals surface area contributed by atoms with Crippen molar-refractivity contribution in [1.82, 2.24) is 15.8 Å². The minimum atomic E-state index is -1.17. The van der Waals surface area contributed by atoms with Crippen molar-refractivity contribution in [2.75, 3.05) is 19.7 Å². The molecule has 1 aromatic rings. The quantitative estimate of drug-likeness (QED) is 0.680. The second kappa shape index (κ2) is 10.7. The maximum atomic E-state index is 12.8. The number of hydrazine groups is 1. The third-order valence-electron chi connectivity index (χ3n) is 4.72. The molecule has 0 saturated carbocycles. The summed E-state index contributed by atoms with van der Waals surface area (Å²) in [6, 6.07) is 9.52. The van der Waals surface area contributed by atoms with E-state index in [1.807, 2.05) is 19.9 Å². The minimum absolute atomic E-state index is 0.210. The van der Waals surface area contributed by atoms with Gasteiger partial charge in [-0.2, -0.15) is 5.26 Å². The van der Waals surface area contributed by atoms with E-state index in [9.17, 15) is 14.4 Å². The summed E-state index contributed by atoms with van der Waals surface area (Å²) in [6.45, 7) is 6.44. The van der Waals surface area contributed by atoms with Crippen LogP contribution in [0.4, 0.5) is 0 Å². The van der Waals surface area contributed by atoms with Crippen molar-refractivity contribution in [3.63, 3.8) is 0 Å². The lowest BCUT2D eigenvalue weighted by atomic mass is 9.90. The first kappa shape index (κ1) is 22.5. The number of ketones is 1. The number of Topliss-reactive ketones (excluding diaryl/α,β-unsaturated/α-hetero) is 1. The predicted molar refractivity (Wildman–Crippen MR) is 106 cm³/mol. The normalized spacial score (nSPS) is 19.1.